The summed E-state index contributed by atoms with van der Waals surface area (Å²) in [6.45, 7) is 32.5. The molecule has 0 bridgehead atoms. The molecule has 32 heteroatoms. The summed E-state index contributed by atoms with van der Waals surface area (Å²) in [5.74, 6) is -3.34. The van der Waals surface area contributed by atoms with E-state index >= 15 is 0 Å². The first-order valence-corrected chi connectivity index (χ1v) is 21.8. The van der Waals surface area contributed by atoms with Gasteiger partial charge < -0.3 is 41.0 Å². The van der Waals surface area contributed by atoms with Crippen LogP contribution in [0.5, 0.6) is 0 Å². The van der Waals surface area contributed by atoms with Crippen molar-refractivity contribution in [2.24, 2.45) is 0 Å². The number of methoxy groups -OCH3 is 2. The predicted octanol–water partition coefficient (Wildman–Crippen LogP) is 3.42. The smallest absolute Gasteiger partial charge is 0.300 e. The summed E-state index contributed by atoms with van der Waals surface area (Å²) in [5.41, 5.74) is 0. The second-order valence-corrected chi connectivity index (χ2v) is 11.8. The number of nitrogens with zero attached hydrogens (tertiary/aromatic N) is 4. The van der Waals surface area contributed by atoms with Gasteiger partial charge in [0.25, 0.3) is 24.9 Å². The van der Waals surface area contributed by atoms with Gasteiger partial charge in [0.15, 0.2) is 0 Å². The Morgan fingerprint density at radius 1 is 0.390 bits per heavy atom. The van der Waals surface area contributed by atoms with Gasteiger partial charge in [0, 0.05) is 235 Å². The van der Waals surface area contributed by atoms with E-state index in [4.69, 9.17) is 29.4 Å². The maximum Gasteiger partial charge on any atom is 0.300 e. The first kappa shape index (κ1) is 147. The van der Waals surface area contributed by atoms with Gasteiger partial charge >= 0.3 is 0 Å². The molecule has 8 radical (unpaired) electrons. The van der Waals surface area contributed by atoms with E-state index in [1.165, 1.54) is 123 Å². The summed E-state index contributed by atoms with van der Waals surface area (Å²) in [6, 6.07) is 0. The van der Waals surface area contributed by atoms with Crippen LogP contribution in [-0.2, 0) is 152 Å². The number of aliphatic carboxylic acids is 2. The zero-order valence-electron chi connectivity index (χ0n) is 51.9. The van der Waals surface area contributed by atoms with Crippen LogP contribution in [0.25, 0.3) is 0 Å². The number of hydrogen-bond donors (Lipinski definition) is 6. The fourth-order valence-electron chi connectivity index (χ4n) is 1.58. The van der Waals surface area contributed by atoms with Crippen LogP contribution in [0.4, 0.5) is 0 Å². The molecule has 0 aliphatic rings. The summed E-state index contributed by atoms with van der Waals surface area (Å²) < 4.78 is 7.72. The van der Waals surface area contributed by atoms with Crippen LogP contribution in [0.15, 0.2) is 0 Å². The van der Waals surface area contributed by atoms with E-state index in [-0.39, 0.29) is 183 Å². The first-order valence-electron chi connectivity index (χ1n) is 21.8. The molecule has 0 aromatic carbocycles. The number of nitrogens with one attached hydrogen (secondary N) is 4. The van der Waals surface area contributed by atoms with E-state index in [9.17, 15) is 57.5 Å². The number of hydrogen-bond acceptors (Lipinski definition) is 18. The minimum absolute atomic E-state index is 0. The van der Waals surface area contributed by atoms with E-state index in [0.29, 0.717) is 19.5 Å². The van der Waals surface area contributed by atoms with E-state index in [1.54, 1.807) is 28.1 Å². The van der Waals surface area contributed by atoms with E-state index in [2.05, 4.69) is 30.7 Å². The monoisotopic (exact) mass is 1340 g/mol. The van der Waals surface area contributed by atoms with Crippen LogP contribution in [-0.4, -0.2) is 212 Å². The molecule has 0 aromatic heterocycles. The van der Waals surface area contributed by atoms with Crippen LogP contribution in [0.1, 0.15) is 168 Å². The largest absolute Gasteiger partial charge is 0.481 e. The van der Waals surface area contributed by atoms with Crippen molar-refractivity contribution in [1.29, 1.82) is 0 Å². The Kier molecular flexibility index (Phi) is 220. The zero-order valence-corrected chi connectivity index (χ0v) is 57.6. The van der Waals surface area contributed by atoms with E-state index in [1.807, 2.05) is 34.6 Å². The van der Waals surface area contributed by atoms with Crippen molar-refractivity contribution >= 4 is 113 Å². The van der Waals surface area contributed by atoms with E-state index in [0.717, 1.165) is 35.1 Å². The third-order valence-corrected chi connectivity index (χ3v) is 5.58. The Morgan fingerprint density at radius 2 is 0.512 bits per heavy atom. The molecule has 0 heterocycles. The summed E-state index contributed by atoms with van der Waals surface area (Å²) in [6.07, 6.45) is 0. The van der Waals surface area contributed by atoms with Gasteiger partial charge in [0.05, 0.1) is 14.2 Å². The van der Waals surface area contributed by atoms with Crippen LogP contribution >= 0.6 is 0 Å². The number of carbonyl (C=O) groups excluding carboxylic acids is 14. The second kappa shape index (κ2) is 123. The van der Waals surface area contributed by atoms with Gasteiger partial charge in [-0.15, -0.1) is 0 Å². The van der Waals surface area contributed by atoms with Crippen molar-refractivity contribution in [3.8, 4) is 0 Å². The number of ether oxygens (including phenoxy) is 2. The van der Waals surface area contributed by atoms with Gasteiger partial charge in [0.2, 0.25) is 70.9 Å². The molecule has 0 spiro atoms. The van der Waals surface area contributed by atoms with Crippen molar-refractivity contribution in [1.82, 2.24) is 40.9 Å². The van der Waals surface area contributed by atoms with Crippen LogP contribution in [0, 0.1) is 0 Å². The first-order chi connectivity index (χ1) is 33.6. The standard InChI is InChI=1S/C6H11NO2.3C5H9NO2.C4H9NO.3C3H7NO.4C2H4O2.2C2H6.4CH4.2B.2Y/c1-4-7(5(2)8)6(3)9;3*1-4(7)6(3)5(2)8;1-3-5-4(2)6;3*1-3(5)4-2;2*1-4-2-3;2*1-2(3)4;2*1-2;;;;;;;;/h4H2,1-3H3;3*1-3H3;3H2,1-2H3,(H,5,6);3*1-2H3,(H,4,5);2*2H,1H3;2*1H3,(H,3,4);2*1-2H3;4*1H4;;;;. The molecule has 28 nitrogen and oxygen atoms in total. The molecule has 12 amide bonds. The van der Waals surface area contributed by atoms with Gasteiger partial charge in [0.1, 0.15) is 0 Å². The quantitative estimate of drug-likeness (QED) is 0.173. The van der Waals surface area contributed by atoms with Crippen molar-refractivity contribution in [2.75, 3.05) is 69.6 Å². The Labute approximate surface area is 549 Å². The number of rotatable bonds is 4. The third-order valence-electron chi connectivity index (χ3n) is 5.58. The van der Waals surface area contributed by atoms with Gasteiger partial charge in [-0.1, -0.05) is 57.4 Å². The number of carboxylic acid groups (broad SMARTS) is 2. The SMILES string of the molecule is C.C.C.C.CC.CC.CC(=O)N(C)C(C)=O.CC(=O)N(C)C(C)=O.CC(=O)N(C)C(C)=O.CC(=O)O.CC(=O)O.CCN(C(C)=O)C(C)=O.CCNC(C)=O.CNC(C)=O.CNC(C)=O.CNC(C)=O.COC=O.COC=O.[B].[B].[Y].[Y]. The molecule has 0 saturated heterocycles. The topological polar surface area (TPSA) is 393 Å². The molecular formula is C50H112B2N8O20Y2. The Balaban J connectivity index is -0.0000000238. The maximum absolute atomic E-state index is 10.5. The van der Waals surface area contributed by atoms with Gasteiger partial charge in [-0.2, -0.15) is 0 Å². The maximum atomic E-state index is 10.5. The fourth-order valence-corrected chi connectivity index (χ4v) is 1.58. The molecule has 0 saturated carbocycles. The molecule has 0 aromatic rings. The predicted molar refractivity (Wildman–Crippen MR) is 319 cm³/mol. The molecule has 82 heavy (non-hydrogen) atoms. The van der Waals surface area contributed by atoms with Crippen molar-refractivity contribution < 1.29 is 162 Å². The molecule has 6 N–H and O–H groups in total. The molecule has 0 aliphatic carbocycles. The third kappa shape index (κ3) is 258. The van der Waals surface area contributed by atoms with Crippen molar-refractivity contribution in [3.63, 3.8) is 0 Å². The van der Waals surface area contributed by atoms with Crippen molar-refractivity contribution in [2.45, 2.75) is 168 Å². The Bertz CT molecular complexity index is 1370. The molecule has 0 atom stereocenters. The van der Waals surface area contributed by atoms with Crippen LogP contribution in [0.3, 0.4) is 0 Å². The number of carboxylic acids is 2. The van der Waals surface area contributed by atoms with E-state index < -0.39 is 11.9 Å². The van der Waals surface area contributed by atoms with Gasteiger partial charge in [-0.05, 0) is 13.8 Å². The minimum atomic E-state index is -0.833. The average Bonchev–Trinajstić information content (AvgIpc) is 3.30. The Hall–Kier alpha value is -5.34. The molecule has 484 valence electrons. The Morgan fingerprint density at radius 3 is 0.512 bits per heavy atom. The molecule has 0 aliphatic heterocycles. The van der Waals surface area contributed by atoms with Crippen LogP contribution in [0.2, 0.25) is 0 Å². The average molecular weight is 1340 g/mol. The number of amides is 12. The summed E-state index contributed by atoms with van der Waals surface area (Å²) in [5, 5.41) is 24.6. The fraction of sp³-hybridized carbons (Fsp3) is 0.680. The summed E-state index contributed by atoms with van der Waals surface area (Å²) in [4.78, 5) is 162. The number of carbonyl (C=O) groups is 16. The second-order valence-electron chi connectivity index (χ2n) is 11.8. The van der Waals surface area contributed by atoms with Gasteiger partial charge in [-0.25, -0.2) is 0 Å². The molecule has 0 rings (SSSR count). The minimum Gasteiger partial charge on any atom is -0.481 e. The molecule has 0 fully saturated rings. The summed E-state index contributed by atoms with van der Waals surface area (Å²) >= 11 is 0. The van der Waals surface area contributed by atoms with Crippen molar-refractivity contribution in [3.05, 3.63) is 0 Å². The number of imide groups is 4. The van der Waals surface area contributed by atoms with Crippen LogP contribution < -0.4 is 21.3 Å². The molecule has 0 unspecified atom stereocenters. The molecular weight excluding hydrogens is 1230 g/mol. The normalized spacial score (nSPS) is 6.49. The summed E-state index contributed by atoms with van der Waals surface area (Å²) in [7, 11) is 11.8. The zero-order chi connectivity index (χ0) is 63.5. The van der Waals surface area contributed by atoms with Gasteiger partial charge in [-0.3, -0.25) is 96.3 Å².